The van der Waals surface area contributed by atoms with Gasteiger partial charge in [-0.15, -0.1) is 0 Å². The van der Waals surface area contributed by atoms with Crippen molar-refractivity contribution in [2.75, 3.05) is 19.7 Å². The van der Waals surface area contributed by atoms with E-state index in [-0.39, 0.29) is 35.6 Å². The maximum absolute atomic E-state index is 12.4. The molecule has 4 saturated carbocycles. The van der Waals surface area contributed by atoms with Crippen molar-refractivity contribution in [3.63, 3.8) is 0 Å². The second-order valence-corrected chi connectivity index (χ2v) is 15.7. The highest BCUT2D eigenvalue weighted by Crippen LogP contribution is 2.69. The first-order valence-electron chi connectivity index (χ1n) is 15.8. The number of aliphatic hydroxyl groups excluding tert-OH is 2. The Labute approximate surface area is 235 Å². The SMILES string of the molecule is CC[C@H]1[C@@H](O)[C@@H]2[C@H](CC[C@]3(C)[C@@H](CCCOC(=O)NS(=O)(=O)N4CCCCC4)CC[C@@H]23)[C@@]2(C)CC[C@@H](O)C[C@@H]12. The van der Waals surface area contributed by atoms with Crippen LogP contribution in [0.25, 0.3) is 0 Å². The van der Waals surface area contributed by atoms with E-state index < -0.39 is 16.3 Å². The number of aliphatic hydroxyl groups is 2. The van der Waals surface area contributed by atoms with Gasteiger partial charge in [0.2, 0.25) is 0 Å². The minimum Gasteiger partial charge on any atom is -0.449 e. The molecule has 9 heteroatoms. The van der Waals surface area contributed by atoms with Gasteiger partial charge in [-0.3, -0.25) is 0 Å². The van der Waals surface area contributed by atoms with E-state index in [9.17, 15) is 23.4 Å². The summed E-state index contributed by atoms with van der Waals surface area (Å²) in [5.41, 5.74) is 0.386. The van der Waals surface area contributed by atoms with Gasteiger partial charge in [0, 0.05) is 13.1 Å². The Balaban J connectivity index is 1.17. The van der Waals surface area contributed by atoms with Crippen LogP contribution in [0.5, 0.6) is 0 Å². The third-order valence-corrected chi connectivity index (χ3v) is 13.9. The van der Waals surface area contributed by atoms with Gasteiger partial charge in [0.05, 0.1) is 18.8 Å². The fraction of sp³-hybridized carbons (Fsp3) is 0.967. The van der Waals surface area contributed by atoms with Gasteiger partial charge in [-0.25, -0.2) is 9.52 Å². The molecule has 1 heterocycles. The molecule has 8 nitrogen and oxygen atoms in total. The molecule has 0 aromatic rings. The molecule has 5 aliphatic rings. The number of piperidine rings is 1. The van der Waals surface area contributed by atoms with E-state index in [0.29, 0.717) is 42.7 Å². The lowest BCUT2D eigenvalue weighted by Crippen LogP contribution is -2.62. The highest BCUT2D eigenvalue weighted by atomic mass is 32.2. The largest absolute Gasteiger partial charge is 0.449 e. The fourth-order valence-electron chi connectivity index (χ4n) is 10.3. The lowest BCUT2D eigenvalue weighted by Gasteiger charge is -2.64. The molecule has 4 aliphatic carbocycles. The zero-order chi connectivity index (χ0) is 28.0. The Hall–Kier alpha value is -0.900. The van der Waals surface area contributed by atoms with Crippen LogP contribution in [-0.2, 0) is 14.9 Å². The third-order valence-electron chi connectivity index (χ3n) is 12.4. The summed E-state index contributed by atoms with van der Waals surface area (Å²) in [6.07, 6.45) is 11.3. The summed E-state index contributed by atoms with van der Waals surface area (Å²) in [4.78, 5) is 12.2. The summed E-state index contributed by atoms with van der Waals surface area (Å²) in [5, 5.41) is 22.3. The predicted octanol–water partition coefficient (Wildman–Crippen LogP) is 4.85. The van der Waals surface area contributed by atoms with Crippen LogP contribution in [-0.4, -0.2) is 60.9 Å². The molecular weight excluding hydrogens is 516 g/mol. The van der Waals surface area contributed by atoms with E-state index >= 15 is 0 Å². The van der Waals surface area contributed by atoms with Crippen molar-refractivity contribution < 1.29 is 28.2 Å². The molecular formula is C30H52N2O6S. The number of carbonyl (C=O) groups excluding carboxylic acids is 1. The van der Waals surface area contributed by atoms with Gasteiger partial charge in [0.25, 0.3) is 0 Å². The molecule has 0 aromatic carbocycles. The number of carbonyl (C=O) groups is 1. The number of ether oxygens (including phenoxy) is 1. The van der Waals surface area contributed by atoms with Crippen molar-refractivity contribution in [3.05, 3.63) is 0 Å². The first-order valence-corrected chi connectivity index (χ1v) is 17.3. The molecule has 5 fully saturated rings. The standard InChI is InChI=1S/C30H52N2O6S/c1-4-22-25-19-21(33)12-14-30(25,3)24-13-15-29(2)20(10-11-23(29)26(24)27(22)34)9-8-18-38-28(35)31-39(36,37)32-16-6-5-7-17-32/h20-27,33-34H,4-19H2,1-3H3,(H,31,35)/t20-,21+,22+,23-,24-,25-,26-,27+,29+,30+/m0/s1. The van der Waals surface area contributed by atoms with E-state index in [4.69, 9.17) is 4.74 Å². The number of fused-ring (bicyclic) bond motifs is 5. The number of nitrogens with one attached hydrogen (secondary N) is 1. The predicted molar refractivity (Wildman–Crippen MR) is 150 cm³/mol. The first-order chi connectivity index (χ1) is 18.5. The molecule has 0 spiro atoms. The van der Waals surface area contributed by atoms with Crippen molar-refractivity contribution in [2.24, 2.45) is 46.3 Å². The number of nitrogens with zero attached hydrogens (tertiary/aromatic N) is 1. The maximum atomic E-state index is 12.4. The van der Waals surface area contributed by atoms with Crippen LogP contribution in [0.4, 0.5) is 4.79 Å². The van der Waals surface area contributed by atoms with Gasteiger partial charge >= 0.3 is 16.3 Å². The molecule has 224 valence electrons. The van der Waals surface area contributed by atoms with Gasteiger partial charge in [0.15, 0.2) is 0 Å². The van der Waals surface area contributed by atoms with Gasteiger partial charge in [0.1, 0.15) is 0 Å². The van der Waals surface area contributed by atoms with E-state index in [1.54, 1.807) is 0 Å². The average molecular weight is 569 g/mol. The Bertz CT molecular complexity index is 986. The summed E-state index contributed by atoms with van der Waals surface area (Å²) < 4.78 is 33.6. The lowest BCUT2D eigenvalue weighted by molar-refractivity contribution is -0.202. The normalized spacial score (nSPS) is 44.6. The minimum atomic E-state index is -3.83. The zero-order valence-corrected chi connectivity index (χ0v) is 25.1. The molecule has 10 atom stereocenters. The van der Waals surface area contributed by atoms with E-state index in [1.807, 2.05) is 0 Å². The Kier molecular flexibility index (Phi) is 8.66. The monoisotopic (exact) mass is 568 g/mol. The Morgan fingerprint density at radius 1 is 0.974 bits per heavy atom. The van der Waals surface area contributed by atoms with Crippen LogP contribution < -0.4 is 4.72 Å². The zero-order valence-electron chi connectivity index (χ0n) is 24.3. The number of amides is 1. The van der Waals surface area contributed by atoms with Crippen molar-refractivity contribution in [3.8, 4) is 0 Å². The highest BCUT2D eigenvalue weighted by Gasteiger charge is 2.64. The highest BCUT2D eigenvalue weighted by molar-refractivity contribution is 7.87. The van der Waals surface area contributed by atoms with E-state index in [1.165, 1.54) is 10.7 Å². The van der Waals surface area contributed by atoms with Crippen molar-refractivity contribution >= 4 is 16.3 Å². The number of hydrogen-bond acceptors (Lipinski definition) is 6. The molecule has 1 amide bonds. The van der Waals surface area contributed by atoms with Crippen molar-refractivity contribution in [1.82, 2.24) is 9.03 Å². The molecule has 0 radical (unpaired) electrons. The Morgan fingerprint density at radius 2 is 1.67 bits per heavy atom. The smallest absolute Gasteiger partial charge is 0.421 e. The summed E-state index contributed by atoms with van der Waals surface area (Å²) in [7, 11) is -3.83. The second kappa shape index (κ2) is 11.4. The van der Waals surface area contributed by atoms with Crippen molar-refractivity contribution in [2.45, 2.75) is 116 Å². The van der Waals surface area contributed by atoms with E-state index in [0.717, 1.165) is 77.0 Å². The third kappa shape index (κ3) is 5.39. The molecule has 0 unspecified atom stereocenters. The number of rotatable bonds is 7. The summed E-state index contributed by atoms with van der Waals surface area (Å²) in [6.45, 7) is 8.23. The topological polar surface area (TPSA) is 116 Å². The molecule has 1 aliphatic heterocycles. The average Bonchev–Trinajstić information content (AvgIpc) is 3.24. The minimum absolute atomic E-state index is 0.178. The lowest BCUT2D eigenvalue weighted by atomic mass is 9.41. The first kappa shape index (κ1) is 29.6. The van der Waals surface area contributed by atoms with Crippen LogP contribution in [0.2, 0.25) is 0 Å². The van der Waals surface area contributed by atoms with Crippen LogP contribution in [0.3, 0.4) is 0 Å². The molecule has 1 saturated heterocycles. The van der Waals surface area contributed by atoms with Crippen LogP contribution in [0.15, 0.2) is 0 Å². The van der Waals surface area contributed by atoms with Gasteiger partial charge < -0.3 is 14.9 Å². The maximum Gasteiger partial charge on any atom is 0.421 e. The van der Waals surface area contributed by atoms with Crippen LogP contribution in [0, 0.1) is 46.3 Å². The van der Waals surface area contributed by atoms with Gasteiger partial charge in [-0.05, 0) is 117 Å². The van der Waals surface area contributed by atoms with Gasteiger partial charge in [-0.2, -0.15) is 12.7 Å². The van der Waals surface area contributed by atoms with Crippen LogP contribution in [0.1, 0.15) is 104 Å². The molecule has 5 rings (SSSR count). The molecule has 0 aromatic heterocycles. The summed E-state index contributed by atoms with van der Waals surface area (Å²) >= 11 is 0. The molecule has 39 heavy (non-hydrogen) atoms. The quantitative estimate of drug-likeness (QED) is 0.378. The second-order valence-electron chi connectivity index (χ2n) is 14.1. The van der Waals surface area contributed by atoms with E-state index in [2.05, 4.69) is 25.5 Å². The van der Waals surface area contributed by atoms with Gasteiger partial charge in [-0.1, -0.05) is 33.6 Å². The Morgan fingerprint density at radius 3 is 2.38 bits per heavy atom. The molecule has 3 N–H and O–H groups in total. The van der Waals surface area contributed by atoms with Crippen LogP contribution >= 0.6 is 0 Å². The molecule has 0 bridgehead atoms. The summed E-state index contributed by atoms with van der Waals surface area (Å²) in [6, 6.07) is 0. The summed E-state index contributed by atoms with van der Waals surface area (Å²) in [5.74, 6) is 2.56. The van der Waals surface area contributed by atoms with Crippen molar-refractivity contribution in [1.29, 1.82) is 0 Å². The number of hydrogen-bond donors (Lipinski definition) is 3. The fourth-order valence-corrected chi connectivity index (χ4v) is 11.5.